The molecule has 0 aliphatic rings. The molecule has 0 saturated carbocycles. The lowest BCUT2D eigenvalue weighted by atomic mass is 10.1. The summed E-state index contributed by atoms with van der Waals surface area (Å²) in [5.41, 5.74) is 9.20. The van der Waals surface area contributed by atoms with E-state index in [0.29, 0.717) is 6.54 Å². The molecule has 1 aromatic carbocycles. The summed E-state index contributed by atoms with van der Waals surface area (Å²) in [6.07, 6.45) is 4.60. The fourth-order valence-corrected chi connectivity index (χ4v) is 2.76. The second-order valence-corrected chi connectivity index (χ2v) is 5.40. The molecule has 0 aliphatic carbocycles. The number of pyridine rings is 1. The average molecular weight is 320 g/mol. The number of nitrogens with zero attached hydrogens (tertiary/aromatic N) is 2. The Labute approximate surface area is 122 Å². The number of halogens is 1. The molecule has 0 spiro atoms. The van der Waals surface area contributed by atoms with Crippen LogP contribution in [0.2, 0.25) is 0 Å². The van der Waals surface area contributed by atoms with Crippen LogP contribution in [0.25, 0.3) is 0 Å². The minimum absolute atomic E-state index is 0.678. The van der Waals surface area contributed by atoms with E-state index in [4.69, 9.17) is 5.73 Å². The Morgan fingerprint density at radius 3 is 2.74 bits per heavy atom. The molecule has 19 heavy (non-hydrogen) atoms. The number of hydrogen-bond acceptors (Lipinski definition) is 3. The van der Waals surface area contributed by atoms with Gasteiger partial charge in [-0.25, -0.2) is 0 Å². The Bertz CT molecular complexity index is 528. The molecule has 0 aliphatic heterocycles. The number of hydrogen-bond donors (Lipinski definition) is 1. The lowest BCUT2D eigenvalue weighted by Crippen LogP contribution is -2.17. The molecule has 0 radical (unpaired) electrons. The van der Waals surface area contributed by atoms with Gasteiger partial charge >= 0.3 is 0 Å². The summed E-state index contributed by atoms with van der Waals surface area (Å²) in [5, 5.41) is 0. The molecular formula is C15H18BrN3. The number of nitrogens with two attached hydrogens (primary N) is 1. The second-order valence-electron chi connectivity index (χ2n) is 4.54. The molecule has 100 valence electrons. The topological polar surface area (TPSA) is 42.2 Å². The van der Waals surface area contributed by atoms with Crippen LogP contribution in [0.5, 0.6) is 0 Å². The highest BCUT2D eigenvalue weighted by molar-refractivity contribution is 9.10. The molecule has 0 fully saturated rings. The predicted molar refractivity (Wildman–Crippen MR) is 83.2 cm³/mol. The zero-order valence-electron chi connectivity index (χ0n) is 11.0. The normalized spacial score (nSPS) is 10.5. The minimum Gasteiger partial charge on any atom is -0.369 e. The van der Waals surface area contributed by atoms with Crippen molar-refractivity contribution in [1.29, 1.82) is 0 Å². The molecule has 2 rings (SSSR count). The first kappa shape index (κ1) is 14.0. The van der Waals surface area contributed by atoms with Gasteiger partial charge in [0.1, 0.15) is 0 Å². The Morgan fingerprint density at radius 2 is 2.11 bits per heavy atom. The third kappa shape index (κ3) is 3.78. The Kier molecular flexibility index (Phi) is 4.93. The summed E-state index contributed by atoms with van der Waals surface area (Å²) in [4.78, 5) is 6.34. The van der Waals surface area contributed by atoms with E-state index in [-0.39, 0.29) is 0 Å². The van der Waals surface area contributed by atoms with Crippen LogP contribution < -0.4 is 10.6 Å². The lowest BCUT2D eigenvalue weighted by molar-refractivity contribution is 0.908. The van der Waals surface area contributed by atoms with Crippen LogP contribution in [0.3, 0.4) is 0 Å². The largest absolute Gasteiger partial charge is 0.369 e. The van der Waals surface area contributed by atoms with Crippen LogP contribution in [0.15, 0.2) is 47.2 Å². The summed E-state index contributed by atoms with van der Waals surface area (Å²) in [6, 6.07) is 10.4. The Hall–Kier alpha value is -1.39. The number of aromatic nitrogens is 1. The van der Waals surface area contributed by atoms with Gasteiger partial charge in [0.25, 0.3) is 0 Å². The average Bonchev–Trinajstić information content (AvgIpc) is 2.40. The predicted octanol–water partition coefficient (Wildman–Crippen LogP) is 2.98. The summed E-state index contributed by atoms with van der Waals surface area (Å²) in [5.74, 6) is 0. The third-order valence-corrected chi connectivity index (χ3v) is 3.63. The van der Waals surface area contributed by atoms with E-state index in [9.17, 15) is 0 Å². The molecule has 0 amide bonds. The van der Waals surface area contributed by atoms with Crippen molar-refractivity contribution < 1.29 is 0 Å². The van der Waals surface area contributed by atoms with Gasteiger partial charge in [-0.3, -0.25) is 4.98 Å². The monoisotopic (exact) mass is 319 g/mol. The molecule has 0 atom stereocenters. The van der Waals surface area contributed by atoms with Gasteiger partial charge in [0.05, 0.1) is 5.69 Å². The molecule has 1 aromatic heterocycles. The summed E-state index contributed by atoms with van der Waals surface area (Å²) < 4.78 is 1.10. The van der Waals surface area contributed by atoms with E-state index in [1.54, 1.807) is 6.20 Å². The molecular weight excluding hydrogens is 302 g/mol. The van der Waals surface area contributed by atoms with Crippen molar-refractivity contribution in [2.45, 2.75) is 13.0 Å². The number of anilines is 1. The maximum atomic E-state index is 5.58. The van der Waals surface area contributed by atoms with Gasteiger partial charge in [-0.05, 0) is 58.2 Å². The van der Waals surface area contributed by atoms with Gasteiger partial charge in [0.2, 0.25) is 0 Å². The summed E-state index contributed by atoms with van der Waals surface area (Å²) >= 11 is 3.63. The highest BCUT2D eigenvalue weighted by atomic mass is 79.9. The number of rotatable bonds is 5. The quantitative estimate of drug-likeness (QED) is 0.921. The zero-order chi connectivity index (χ0) is 13.7. The molecule has 4 heteroatoms. The van der Waals surface area contributed by atoms with Crippen molar-refractivity contribution in [2.24, 2.45) is 5.73 Å². The molecule has 0 unspecified atom stereocenters. The highest BCUT2D eigenvalue weighted by Gasteiger charge is 2.07. The maximum absolute atomic E-state index is 5.58. The summed E-state index contributed by atoms with van der Waals surface area (Å²) in [6.45, 7) is 1.51. The first-order chi connectivity index (χ1) is 9.20. The molecule has 0 saturated heterocycles. The van der Waals surface area contributed by atoms with Crippen molar-refractivity contribution in [3.05, 3.63) is 58.3 Å². The van der Waals surface area contributed by atoms with Crippen LogP contribution in [0, 0.1) is 0 Å². The van der Waals surface area contributed by atoms with Crippen molar-refractivity contribution >= 4 is 21.6 Å². The van der Waals surface area contributed by atoms with Crippen LogP contribution in [0.4, 0.5) is 5.69 Å². The van der Waals surface area contributed by atoms with E-state index in [2.05, 4.69) is 57.1 Å². The van der Waals surface area contributed by atoms with Crippen molar-refractivity contribution in [3.63, 3.8) is 0 Å². The SMILES string of the molecule is CN(Cc1cccnc1)c1ccc(CCN)cc1Br. The standard InChI is InChI=1S/C15H18BrN3/c1-19(11-13-3-2-8-18-10-13)15-5-4-12(6-7-17)9-14(15)16/h2-5,8-10H,6-7,11,17H2,1H3. The smallest absolute Gasteiger partial charge is 0.0511 e. The summed E-state index contributed by atoms with van der Waals surface area (Å²) in [7, 11) is 2.08. The van der Waals surface area contributed by atoms with Gasteiger partial charge in [0, 0.05) is 30.5 Å². The van der Waals surface area contributed by atoms with Gasteiger partial charge < -0.3 is 10.6 Å². The van der Waals surface area contributed by atoms with Gasteiger partial charge in [0.15, 0.2) is 0 Å². The van der Waals surface area contributed by atoms with Crippen LogP contribution in [0.1, 0.15) is 11.1 Å². The highest BCUT2D eigenvalue weighted by Crippen LogP contribution is 2.27. The number of benzene rings is 1. The molecule has 2 aromatic rings. The van der Waals surface area contributed by atoms with Gasteiger partial charge in [-0.2, -0.15) is 0 Å². The van der Waals surface area contributed by atoms with Crippen molar-refractivity contribution in [3.8, 4) is 0 Å². The second kappa shape index (κ2) is 6.68. The fraction of sp³-hybridized carbons (Fsp3) is 0.267. The van der Waals surface area contributed by atoms with Crippen LogP contribution >= 0.6 is 15.9 Å². The Morgan fingerprint density at radius 1 is 1.26 bits per heavy atom. The molecule has 3 nitrogen and oxygen atoms in total. The van der Waals surface area contributed by atoms with E-state index in [1.807, 2.05) is 12.3 Å². The first-order valence-electron chi connectivity index (χ1n) is 6.29. The lowest BCUT2D eigenvalue weighted by Gasteiger charge is -2.21. The van der Waals surface area contributed by atoms with Gasteiger partial charge in [-0.1, -0.05) is 12.1 Å². The molecule has 2 N–H and O–H groups in total. The first-order valence-corrected chi connectivity index (χ1v) is 7.08. The van der Waals surface area contributed by atoms with Crippen molar-refractivity contribution in [2.75, 3.05) is 18.5 Å². The molecule has 1 heterocycles. The fourth-order valence-electron chi connectivity index (χ4n) is 2.03. The van der Waals surface area contributed by atoms with E-state index in [1.165, 1.54) is 16.8 Å². The van der Waals surface area contributed by atoms with E-state index in [0.717, 1.165) is 17.4 Å². The van der Waals surface area contributed by atoms with E-state index >= 15 is 0 Å². The molecule has 0 bridgehead atoms. The van der Waals surface area contributed by atoms with E-state index < -0.39 is 0 Å². The zero-order valence-corrected chi connectivity index (χ0v) is 12.6. The van der Waals surface area contributed by atoms with Crippen molar-refractivity contribution in [1.82, 2.24) is 4.98 Å². The minimum atomic E-state index is 0.678. The van der Waals surface area contributed by atoms with Crippen LogP contribution in [-0.2, 0) is 13.0 Å². The Balaban J connectivity index is 2.13. The van der Waals surface area contributed by atoms with Gasteiger partial charge in [-0.15, -0.1) is 0 Å². The van der Waals surface area contributed by atoms with Crippen LogP contribution in [-0.4, -0.2) is 18.6 Å². The maximum Gasteiger partial charge on any atom is 0.0511 e. The third-order valence-electron chi connectivity index (χ3n) is 3.00.